The number of benzene rings is 2. The number of carbonyl (C=O) groups excluding carboxylic acids is 1. The van der Waals surface area contributed by atoms with E-state index in [4.69, 9.17) is 0 Å². The minimum absolute atomic E-state index is 0.0821. The van der Waals surface area contributed by atoms with Crippen molar-refractivity contribution in [2.45, 2.75) is 11.7 Å². The maximum absolute atomic E-state index is 12.1. The number of amidine groups is 1. The zero-order valence-electron chi connectivity index (χ0n) is 12.0. The normalized spacial score (nSPS) is 18.9. The molecule has 0 aromatic heterocycles. The maximum Gasteiger partial charge on any atom is 0.294 e. The third-order valence-corrected chi connectivity index (χ3v) is 4.42. The lowest BCUT2D eigenvalue weighted by atomic mass is 10.1. The Morgan fingerprint density at radius 3 is 2.57 bits per heavy atom. The van der Waals surface area contributed by atoms with Crippen molar-refractivity contribution in [3.8, 4) is 0 Å². The molecule has 1 saturated heterocycles. The lowest BCUT2D eigenvalue weighted by Crippen LogP contribution is -2.25. The fourth-order valence-electron chi connectivity index (χ4n) is 2.24. The third-order valence-electron chi connectivity index (χ3n) is 3.34. The van der Waals surface area contributed by atoms with Gasteiger partial charge in [-0.1, -0.05) is 54.2 Å². The first kappa shape index (κ1) is 15.2. The first-order valence-electron chi connectivity index (χ1n) is 6.97. The SMILES string of the molecule is O=C1NC(=Nc2ccccc2[N+](=O)[O-])S[C@@H]1Cc1ccccc1. The van der Waals surface area contributed by atoms with E-state index in [1.807, 2.05) is 30.3 Å². The van der Waals surface area contributed by atoms with E-state index in [1.165, 1.54) is 17.8 Å². The van der Waals surface area contributed by atoms with E-state index in [9.17, 15) is 14.9 Å². The minimum Gasteiger partial charge on any atom is -0.304 e. The molecule has 3 rings (SSSR count). The first-order valence-corrected chi connectivity index (χ1v) is 7.85. The molecule has 0 unspecified atom stereocenters. The van der Waals surface area contributed by atoms with Crippen molar-refractivity contribution in [2.24, 2.45) is 4.99 Å². The van der Waals surface area contributed by atoms with Gasteiger partial charge in [0.25, 0.3) is 5.69 Å². The van der Waals surface area contributed by atoms with Crippen LogP contribution in [0.3, 0.4) is 0 Å². The number of amides is 1. The maximum atomic E-state index is 12.1. The number of nitro groups is 1. The van der Waals surface area contributed by atoms with Crippen LogP contribution < -0.4 is 5.32 Å². The summed E-state index contributed by atoms with van der Waals surface area (Å²) >= 11 is 1.30. The van der Waals surface area contributed by atoms with Crippen LogP contribution >= 0.6 is 11.8 Å². The van der Waals surface area contributed by atoms with E-state index in [0.29, 0.717) is 11.6 Å². The molecule has 23 heavy (non-hydrogen) atoms. The fraction of sp³-hybridized carbons (Fsp3) is 0.125. The van der Waals surface area contributed by atoms with E-state index in [0.717, 1.165) is 5.56 Å². The van der Waals surface area contributed by atoms with Gasteiger partial charge in [0.05, 0.1) is 10.2 Å². The molecule has 2 aromatic rings. The number of hydrogen-bond donors (Lipinski definition) is 1. The molecule has 1 heterocycles. The molecule has 0 saturated carbocycles. The van der Waals surface area contributed by atoms with Crippen LogP contribution in [0.25, 0.3) is 0 Å². The van der Waals surface area contributed by atoms with Crippen LogP contribution in [-0.4, -0.2) is 21.2 Å². The average molecular weight is 327 g/mol. The summed E-state index contributed by atoms with van der Waals surface area (Å²) in [7, 11) is 0. The number of nitro benzene ring substituents is 1. The van der Waals surface area contributed by atoms with Crippen LogP contribution in [0.4, 0.5) is 11.4 Å². The Morgan fingerprint density at radius 2 is 1.83 bits per heavy atom. The Kier molecular flexibility index (Phi) is 4.38. The zero-order valence-corrected chi connectivity index (χ0v) is 12.8. The number of nitrogens with zero attached hydrogens (tertiary/aromatic N) is 2. The van der Waals surface area contributed by atoms with Gasteiger partial charge in [0.1, 0.15) is 5.69 Å². The number of aliphatic imine (C=N–C) groups is 1. The quantitative estimate of drug-likeness (QED) is 0.691. The molecule has 1 fully saturated rings. The molecule has 6 nitrogen and oxygen atoms in total. The molecule has 1 aliphatic heterocycles. The van der Waals surface area contributed by atoms with Crippen LogP contribution in [0.1, 0.15) is 5.56 Å². The summed E-state index contributed by atoms with van der Waals surface area (Å²) in [6.07, 6.45) is 0.591. The van der Waals surface area contributed by atoms with E-state index in [2.05, 4.69) is 10.3 Å². The summed E-state index contributed by atoms with van der Waals surface area (Å²) in [6.45, 7) is 0. The minimum atomic E-state index is -0.484. The van der Waals surface area contributed by atoms with Crippen LogP contribution in [0.2, 0.25) is 0 Å². The Hall–Kier alpha value is -2.67. The van der Waals surface area contributed by atoms with Gasteiger partial charge in [-0.15, -0.1) is 0 Å². The van der Waals surface area contributed by atoms with Crippen LogP contribution in [0.5, 0.6) is 0 Å². The molecule has 1 amide bonds. The first-order chi connectivity index (χ1) is 11.1. The highest BCUT2D eigenvalue weighted by Gasteiger charge is 2.30. The van der Waals surface area contributed by atoms with E-state index >= 15 is 0 Å². The molecular weight excluding hydrogens is 314 g/mol. The fourth-order valence-corrected chi connectivity index (χ4v) is 3.26. The number of nitrogens with one attached hydrogen (secondary N) is 1. The summed E-state index contributed by atoms with van der Waals surface area (Å²) in [5, 5.41) is 13.8. The Labute approximate surface area is 136 Å². The molecule has 1 aliphatic rings. The second-order valence-electron chi connectivity index (χ2n) is 4.95. The third kappa shape index (κ3) is 3.57. The molecule has 0 aliphatic carbocycles. The Morgan fingerprint density at radius 1 is 1.13 bits per heavy atom. The molecule has 0 spiro atoms. The van der Waals surface area contributed by atoms with Crippen molar-refractivity contribution >= 4 is 34.2 Å². The molecule has 116 valence electrons. The molecule has 1 N–H and O–H groups in total. The summed E-state index contributed by atoms with van der Waals surface area (Å²) in [6, 6.07) is 15.9. The van der Waals surface area contributed by atoms with Gasteiger partial charge in [-0.25, -0.2) is 4.99 Å². The highest BCUT2D eigenvalue weighted by atomic mass is 32.2. The molecule has 1 atom stereocenters. The Balaban J connectivity index is 1.78. The molecule has 0 bridgehead atoms. The van der Waals surface area contributed by atoms with Gasteiger partial charge in [-0.05, 0) is 18.1 Å². The van der Waals surface area contributed by atoms with Gasteiger partial charge >= 0.3 is 0 Å². The lowest BCUT2D eigenvalue weighted by Gasteiger charge is -2.04. The van der Waals surface area contributed by atoms with Gasteiger partial charge in [0, 0.05) is 6.07 Å². The van der Waals surface area contributed by atoms with Crippen molar-refractivity contribution in [1.29, 1.82) is 0 Å². The van der Waals surface area contributed by atoms with Crippen molar-refractivity contribution in [3.63, 3.8) is 0 Å². The van der Waals surface area contributed by atoms with E-state index in [1.54, 1.807) is 18.2 Å². The molecule has 2 aromatic carbocycles. The second-order valence-corrected chi connectivity index (χ2v) is 6.14. The number of rotatable bonds is 4. The molecule has 7 heteroatoms. The van der Waals surface area contributed by atoms with Gasteiger partial charge in [-0.3, -0.25) is 14.9 Å². The van der Waals surface area contributed by atoms with Gasteiger partial charge in [-0.2, -0.15) is 0 Å². The standard InChI is InChI=1S/C16H13N3O3S/c20-15-14(10-11-6-2-1-3-7-11)23-16(18-15)17-12-8-4-5-9-13(12)19(21)22/h1-9,14H,10H2,(H,17,18,20)/t14-/m1/s1. The predicted molar refractivity (Wildman–Crippen MR) is 89.9 cm³/mol. The summed E-state index contributed by atoms with van der Waals surface area (Å²) in [5.74, 6) is -0.129. The van der Waals surface area contributed by atoms with Crippen LogP contribution in [0, 0.1) is 10.1 Å². The van der Waals surface area contributed by atoms with Gasteiger partial charge in [0.2, 0.25) is 5.91 Å². The predicted octanol–water partition coefficient (Wildman–Crippen LogP) is 3.06. The number of carbonyl (C=O) groups is 1. The van der Waals surface area contributed by atoms with Crippen molar-refractivity contribution in [3.05, 3.63) is 70.3 Å². The number of hydrogen-bond acceptors (Lipinski definition) is 5. The van der Waals surface area contributed by atoms with Crippen LogP contribution in [-0.2, 0) is 11.2 Å². The smallest absolute Gasteiger partial charge is 0.294 e. The van der Waals surface area contributed by atoms with Crippen molar-refractivity contribution in [1.82, 2.24) is 5.32 Å². The topological polar surface area (TPSA) is 84.6 Å². The monoisotopic (exact) mass is 327 g/mol. The van der Waals surface area contributed by atoms with Crippen molar-refractivity contribution in [2.75, 3.05) is 0 Å². The second kappa shape index (κ2) is 6.62. The van der Waals surface area contributed by atoms with E-state index in [-0.39, 0.29) is 22.5 Å². The number of para-hydroxylation sites is 2. The summed E-state index contributed by atoms with van der Waals surface area (Å²) in [5.41, 5.74) is 1.22. The molecule has 0 radical (unpaired) electrons. The number of thioether (sulfide) groups is 1. The van der Waals surface area contributed by atoms with Crippen molar-refractivity contribution < 1.29 is 9.72 Å². The highest BCUT2D eigenvalue weighted by Crippen LogP contribution is 2.30. The summed E-state index contributed by atoms with van der Waals surface area (Å²) in [4.78, 5) is 26.8. The molecular formula is C16H13N3O3S. The largest absolute Gasteiger partial charge is 0.304 e. The average Bonchev–Trinajstić information content (AvgIpc) is 2.88. The van der Waals surface area contributed by atoms with Gasteiger partial charge in [0.15, 0.2) is 5.17 Å². The lowest BCUT2D eigenvalue weighted by molar-refractivity contribution is -0.384. The van der Waals surface area contributed by atoms with E-state index < -0.39 is 4.92 Å². The zero-order chi connectivity index (χ0) is 16.2. The Bertz CT molecular complexity index is 777. The highest BCUT2D eigenvalue weighted by molar-refractivity contribution is 8.15. The van der Waals surface area contributed by atoms with Gasteiger partial charge < -0.3 is 5.32 Å². The van der Waals surface area contributed by atoms with Crippen LogP contribution in [0.15, 0.2) is 59.6 Å². The summed E-state index contributed by atoms with van der Waals surface area (Å²) < 4.78 is 0.